The summed E-state index contributed by atoms with van der Waals surface area (Å²) >= 11 is 1.79. The Morgan fingerprint density at radius 1 is 1.50 bits per heavy atom. The van der Waals surface area contributed by atoms with Gasteiger partial charge in [0.25, 0.3) is 6.43 Å². The topological polar surface area (TPSA) is 12.9 Å². The molecule has 0 aliphatic carbocycles. The minimum Gasteiger partial charge on any atom is -0.247 e. The molecule has 0 aliphatic heterocycles. The summed E-state index contributed by atoms with van der Waals surface area (Å²) in [7, 11) is 0. The number of hydrogen-bond donors (Lipinski definition) is 0. The SMILES string of the molecule is Cc1c(I)ncc(F)c1C(F)F. The molecule has 0 N–H and O–H groups in total. The van der Waals surface area contributed by atoms with Crippen molar-refractivity contribution in [3.63, 3.8) is 0 Å². The second-order valence-electron chi connectivity index (χ2n) is 2.24. The van der Waals surface area contributed by atoms with Crippen molar-refractivity contribution in [3.8, 4) is 0 Å². The summed E-state index contributed by atoms with van der Waals surface area (Å²) in [5, 5.41) is 0. The number of pyridine rings is 1. The van der Waals surface area contributed by atoms with Gasteiger partial charge in [-0.15, -0.1) is 0 Å². The predicted octanol–water partition coefficient (Wildman–Crippen LogP) is 3.07. The van der Waals surface area contributed by atoms with E-state index in [2.05, 4.69) is 4.98 Å². The van der Waals surface area contributed by atoms with E-state index in [-0.39, 0.29) is 5.56 Å². The Hall–Kier alpha value is -0.330. The molecule has 0 aromatic carbocycles. The Bertz CT molecular complexity index is 301. The summed E-state index contributed by atoms with van der Waals surface area (Å²) in [6.45, 7) is 1.43. The van der Waals surface area contributed by atoms with Crippen molar-refractivity contribution < 1.29 is 13.2 Å². The zero-order valence-corrected chi connectivity index (χ0v) is 8.27. The van der Waals surface area contributed by atoms with Gasteiger partial charge in [-0.2, -0.15) is 0 Å². The Morgan fingerprint density at radius 2 is 2.08 bits per heavy atom. The van der Waals surface area contributed by atoms with Crippen LogP contribution in [0.2, 0.25) is 0 Å². The number of halogens is 4. The molecule has 0 amide bonds. The highest BCUT2D eigenvalue weighted by Crippen LogP contribution is 2.26. The molecule has 1 aromatic rings. The van der Waals surface area contributed by atoms with Crippen LogP contribution in [0.1, 0.15) is 17.6 Å². The first-order chi connectivity index (χ1) is 5.54. The average Bonchev–Trinajstić information content (AvgIpc) is 1.97. The third kappa shape index (κ3) is 1.70. The van der Waals surface area contributed by atoms with E-state index in [1.54, 1.807) is 22.6 Å². The van der Waals surface area contributed by atoms with E-state index in [0.29, 0.717) is 3.70 Å². The Morgan fingerprint density at radius 3 is 2.50 bits per heavy atom. The highest BCUT2D eigenvalue weighted by molar-refractivity contribution is 14.1. The average molecular weight is 287 g/mol. The maximum Gasteiger partial charge on any atom is 0.267 e. The summed E-state index contributed by atoms with van der Waals surface area (Å²) in [5.74, 6) is -0.942. The van der Waals surface area contributed by atoms with Gasteiger partial charge < -0.3 is 0 Å². The van der Waals surface area contributed by atoms with Crippen molar-refractivity contribution in [2.75, 3.05) is 0 Å². The minimum atomic E-state index is -2.78. The van der Waals surface area contributed by atoms with E-state index in [0.717, 1.165) is 6.20 Å². The number of alkyl halides is 2. The maximum atomic E-state index is 12.7. The summed E-state index contributed by atoms with van der Waals surface area (Å²) < 4.78 is 37.5. The quantitative estimate of drug-likeness (QED) is 0.571. The van der Waals surface area contributed by atoms with Crippen LogP contribution in [0.25, 0.3) is 0 Å². The summed E-state index contributed by atoms with van der Waals surface area (Å²) in [6, 6.07) is 0. The standard InChI is InChI=1S/C7H5F3IN/c1-3-5(6(9)10)4(8)2-12-7(3)11/h2,6H,1H3. The first-order valence-corrected chi connectivity index (χ1v) is 4.20. The molecule has 0 fully saturated rings. The molecule has 1 rings (SSSR count). The van der Waals surface area contributed by atoms with Gasteiger partial charge in [-0.1, -0.05) is 0 Å². The van der Waals surface area contributed by atoms with E-state index in [4.69, 9.17) is 0 Å². The zero-order valence-electron chi connectivity index (χ0n) is 6.11. The fourth-order valence-corrected chi connectivity index (χ4v) is 1.27. The van der Waals surface area contributed by atoms with Crippen molar-refractivity contribution in [1.29, 1.82) is 0 Å². The number of nitrogens with zero attached hydrogens (tertiary/aromatic N) is 1. The molecule has 0 radical (unpaired) electrons. The Labute approximate surface area is 81.1 Å². The van der Waals surface area contributed by atoms with Crippen LogP contribution in [-0.4, -0.2) is 4.98 Å². The third-order valence-electron chi connectivity index (χ3n) is 1.48. The Balaban J connectivity index is 3.33. The molecule has 0 aliphatic rings. The molecular formula is C7H5F3IN. The lowest BCUT2D eigenvalue weighted by atomic mass is 10.1. The number of hydrogen-bond acceptors (Lipinski definition) is 1. The monoisotopic (exact) mass is 287 g/mol. The van der Waals surface area contributed by atoms with Crippen molar-refractivity contribution in [1.82, 2.24) is 4.98 Å². The second-order valence-corrected chi connectivity index (χ2v) is 3.26. The van der Waals surface area contributed by atoms with E-state index < -0.39 is 17.8 Å². The normalized spacial score (nSPS) is 10.8. The van der Waals surface area contributed by atoms with Crippen LogP contribution in [0.15, 0.2) is 6.20 Å². The van der Waals surface area contributed by atoms with E-state index in [9.17, 15) is 13.2 Å². The molecule has 12 heavy (non-hydrogen) atoms. The first kappa shape index (κ1) is 9.76. The number of aromatic nitrogens is 1. The third-order valence-corrected chi connectivity index (χ3v) is 2.57. The predicted molar refractivity (Wildman–Crippen MR) is 46.6 cm³/mol. The minimum absolute atomic E-state index is 0.214. The summed E-state index contributed by atoms with van der Waals surface area (Å²) in [4.78, 5) is 3.60. The molecule has 1 nitrogen and oxygen atoms in total. The van der Waals surface area contributed by atoms with E-state index >= 15 is 0 Å². The van der Waals surface area contributed by atoms with Crippen LogP contribution in [0.4, 0.5) is 13.2 Å². The molecule has 0 bridgehead atoms. The molecule has 5 heteroatoms. The van der Waals surface area contributed by atoms with Crippen molar-refractivity contribution >= 4 is 22.6 Å². The van der Waals surface area contributed by atoms with Gasteiger partial charge in [-0.25, -0.2) is 18.2 Å². The highest BCUT2D eigenvalue weighted by atomic mass is 127. The maximum absolute atomic E-state index is 12.7. The van der Waals surface area contributed by atoms with Gasteiger partial charge in [-0.3, -0.25) is 0 Å². The lowest BCUT2D eigenvalue weighted by Gasteiger charge is -2.06. The first-order valence-electron chi connectivity index (χ1n) is 3.12. The van der Waals surface area contributed by atoms with Crippen LogP contribution in [0.3, 0.4) is 0 Å². The van der Waals surface area contributed by atoms with Gasteiger partial charge in [0.2, 0.25) is 0 Å². The summed E-state index contributed by atoms with van der Waals surface area (Å²) in [6.07, 6.45) is -1.96. The molecule has 1 aromatic heterocycles. The van der Waals surface area contributed by atoms with Crippen LogP contribution < -0.4 is 0 Å². The van der Waals surface area contributed by atoms with Gasteiger partial charge in [-0.05, 0) is 35.1 Å². The molecule has 66 valence electrons. The van der Waals surface area contributed by atoms with Crippen LogP contribution >= 0.6 is 22.6 Å². The second kappa shape index (κ2) is 3.59. The van der Waals surface area contributed by atoms with Gasteiger partial charge in [0, 0.05) is 0 Å². The molecule has 0 atom stereocenters. The van der Waals surface area contributed by atoms with Crippen LogP contribution in [0, 0.1) is 16.4 Å². The van der Waals surface area contributed by atoms with Crippen LogP contribution in [-0.2, 0) is 0 Å². The van der Waals surface area contributed by atoms with Gasteiger partial charge >= 0.3 is 0 Å². The molecule has 1 heterocycles. The van der Waals surface area contributed by atoms with Crippen LogP contribution in [0.5, 0.6) is 0 Å². The van der Waals surface area contributed by atoms with Gasteiger partial charge in [0.05, 0.1) is 11.8 Å². The van der Waals surface area contributed by atoms with E-state index in [1.807, 2.05) is 0 Å². The van der Waals surface area contributed by atoms with Gasteiger partial charge in [0.15, 0.2) is 5.82 Å². The molecule has 0 unspecified atom stereocenters. The zero-order chi connectivity index (χ0) is 9.30. The molecular weight excluding hydrogens is 282 g/mol. The van der Waals surface area contributed by atoms with Crippen molar-refractivity contribution in [2.45, 2.75) is 13.3 Å². The lowest BCUT2D eigenvalue weighted by molar-refractivity contribution is 0.145. The van der Waals surface area contributed by atoms with Crippen molar-refractivity contribution in [3.05, 3.63) is 26.8 Å². The number of rotatable bonds is 1. The van der Waals surface area contributed by atoms with Crippen molar-refractivity contribution in [2.24, 2.45) is 0 Å². The van der Waals surface area contributed by atoms with E-state index in [1.165, 1.54) is 6.92 Å². The molecule has 0 spiro atoms. The smallest absolute Gasteiger partial charge is 0.247 e. The fourth-order valence-electron chi connectivity index (χ4n) is 0.838. The van der Waals surface area contributed by atoms with Gasteiger partial charge in [0.1, 0.15) is 3.70 Å². The molecule has 0 saturated heterocycles. The fraction of sp³-hybridized carbons (Fsp3) is 0.286. The lowest BCUT2D eigenvalue weighted by Crippen LogP contribution is -1.99. The highest BCUT2D eigenvalue weighted by Gasteiger charge is 2.18. The largest absolute Gasteiger partial charge is 0.267 e. The summed E-state index contributed by atoms with van der Waals surface area (Å²) in [5.41, 5.74) is -0.333. The molecule has 0 saturated carbocycles. The Kier molecular flexibility index (Phi) is 2.92.